The molecule has 1 atom stereocenters. The average molecular weight is 210 g/mol. The van der Waals surface area contributed by atoms with Crippen LogP contribution in [0.25, 0.3) is 0 Å². The first kappa shape index (κ1) is 11.7. The third-order valence-corrected chi connectivity index (χ3v) is 2.15. The molecule has 0 aliphatic heterocycles. The Balaban J connectivity index is 2.71. The highest BCUT2D eigenvalue weighted by molar-refractivity contribution is 5.94. The largest absolute Gasteiger partial charge is 0.322 e. The lowest BCUT2D eigenvalue weighted by molar-refractivity contribution is -0.118. The number of amides is 1. The molecule has 1 rings (SSSR count). The minimum Gasteiger partial charge on any atom is -0.322 e. The summed E-state index contributed by atoms with van der Waals surface area (Å²) in [6.45, 7) is 3.68. The van der Waals surface area contributed by atoms with Gasteiger partial charge in [0.1, 0.15) is 5.82 Å². The highest BCUT2D eigenvalue weighted by atomic mass is 19.1. The van der Waals surface area contributed by atoms with Crippen molar-refractivity contribution in [3.05, 3.63) is 30.1 Å². The molecule has 4 heteroatoms. The molecule has 15 heavy (non-hydrogen) atoms. The molecule has 0 heterocycles. The van der Waals surface area contributed by atoms with E-state index in [2.05, 4.69) is 5.32 Å². The summed E-state index contributed by atoms with van der Waals surface area (Å²) in [4.78, 5) is 11.5. The van der Waals surface area contributed by atoms with Crippen LogP contribution in [-0.4, -0.2) is 11.9 Å². The van der Waals surface area contributed by atoms with Gasteiger partial charge in [0.05, 0.1) is 11.7 Å². The Morgan fingerprint density at radius 1 is 1.40 bits per heavy atom. The van der Waals surface area contributed by atoms with Gasteiger partial charge >= 0.3 is 0 Å². The Kier molecular flexibility index (Phi) is 3.80. The Morgan fingerprint density at radius 3 is 2.53 bits per heavy atom. The number of anilines is 1. The van der Waals surface area contributed by atoms with Crippen molar-refractivity contribution in [2.75, 3.05) is 5.32 Å². The van der Waals surface area contributed by atoms with Gasteiger partial charge in [-0.25, -0.2) is 4.39 Å². The minimum atomic E-state index is -0.621. The molecular formula is C11H15FN2O. The fourth-order valence-corrected chi connectivity index (χ4v) is 1.08. The maximum absolute atomic E-state index is 13.2. The second-order valence-corrected chi connectivity index (χ2v) is 3.74. The van der Waals surface area contributed by atoms with Crippen LogP contribution in [0.3, 0.4) is 0 Å². The molecule has 1 aromatic rings. The van der Waals surface area contributed by atoms with Crippen molar-refractivity contribution in [2.24, 2.45) is 11.7 Å². The summed E-state index contributed by atoms with van der Waals surface area (Å²) >= 11 is 0. The monoisotopic (exact) mass is 210 g/mol. The van der Waals surface area contributed by atoms with Crippen LogP contribution in [0.1, 0.15) is 13.8 Å². The van der Waals surface area contributed by atoms with Crippen LogP contribution in [0.5, 0.6) is 0 Å². The van der Waals surface area contributed by atoms with Crippen LogP contribution in [0, 0.1) is 11.7 Å². The summed E-state index contributed by atoms with van der Waals surface area (Å²) < 4.78 is 13.2. The molecule has 0 saturated carbocycles. The van der Waals surface area contributed by atoms with Crippen LogP contribution in [0.4, 0.5) is 10.1 Å². The summed E-state index contributed by atoms with van der Waals surface area (Å²) in [6, 6.07) is 5.38. The van der Waals surface area contributed by atoms with Gasteiger partial charge in [0.25, 0.3) is 0 Å². The van der Waals surface area contributed by atoms with E-state index in [9.17, 15) is 9.18 Å². The smallest absolute Gasteiger partial charge is 0.241 e. The first-order valence-corrected chi connectivity index (χ1v) is 4.83. The van der Waals surface area contributed by atoms with E-state index in [1.807, 2.05) is 13.8 Å². The first-order valence-electron chi connectivity index (χ1n) is 4.83. The Hall–Kier alpha value is -1.42. The van der Waals surface area contributed by atoms with Crippen LogP contribution in [-0.2, 0) is 4.79 Å². The molecule has 82 valence electrons. The summed E-state index contributed by atoms with van der Waals surface area (Å²) in [7, 11) is 0. The first-order chi connectivity index (χ1) is 7.02. The molecule has 0 aliphatic rings. The summed E-state index contributed by atoms with van der Waals surface area (Å²) in [5.41, 5.74) is 5.79. The molecule has 1 unspecified atom stereocenters. The lowest BCUT2D eigenvalue weighted by atomic mass is 10.0. The van der Waals surface area contributed by atoms with Crippen molar-refractivity contribution in [3.8, 4) is 0 Å². The molecular weight excluding hydrogens is 195 g/mol. The number of nitrogens with two attached hydrogens (primary N) is 1. The quantitative estimate of drug-likeness (QED) is 0.798. The van der Waals surface area contributed by atoms with Gasteiger partial charge in [0, 0.05) is 0 Å². The van der Waals surface area contributed by atoms with E-state index in [0.29, 0.717) is 0 Å². The average Bonchev–Trinajstić information content (AvgIpc) is 2.20. The molecule has 0 saturated heterocycles. The van der Waals surface area contributed by atoms with Crippen molar-refractivity contribution < 1.29 is 9.18 Å². The molecule has 3 N–H and O–H groups in total. The second kappa shape index (κ2) is 4.89. The highest BCUT2D eigenvalue weighted by Crippen LogP contribution is 2.13. The molecule has 1 aromatic carbocycles. The molecule has 0 fully saturated rings. The van der Waals surface area contributed by atoms with Crippen LogP contribution < -0.4 is 11.1 Å². The predicted molar refractivity (Wildman–Crippen MR) is 57.8 cm³/mol. The Bertz CT molecular complexity index is 352. The van der Waals surface area contributed by atoms with E-state index >= 15 is 0 Å². The normalized spacial score (nSPS) is 12.6. The maximum atomic E-state index is 13.2. The fraction of sp³-hybridized carbons (Fsp3) is 0.364. The Labute approximate surface area is 88.5 Å². The van der Waals surface area contributed by atoms with E-state index in [1.54, 1.807) is 12.1 Å². The number of rotatable bonds is 3. The van der Waals surface area contributed by atoms with E-state index in [0.717, 1.165) is 0 Å². The van der Waals surface area contributed by atoms with Crippen molar-refractivity contribution in [1.82, 2.24) is 0 Å². The number of halogens is 1. The lowest BCUT2D eigenvalue weighted by Crippen LogP contribution is -2.39. The summed E-state index contributed by atoms with van der Waals surface area (Å²) in [5.74, 6) is -0.798. The standard InChI is InChI=1S/C11H15FN2O/c1-7(2)10(13)11(15)14-9-6-4-3-5-8(9)12/h3-7,10H,13H2,1-2H3,(H,14,15). The second-order valence-electron chi connectivity index (χ2n) is 3.74. The van der Waals surface area contributed by atoms with Gasteiger partial charge in [-0.3, -0.25) is 4.79 Å². The van der Waals surface area contributed by atoms with E-state index < -0.39 is 11.9 Å². The van der Waals surface area contributed by atoms with E-state index in [4.69, 9.17) is 5.73 Å². The molecule has 3 nitrogen and oxygen atoms in total. The fourth-order valence-electron chi connectivity index (χ4n) is 1.08. The lowest BCUT2D eigenvalue weighted by Gasteiger charge is -2.15. The van der Waals surface area contributed by atoms with E-state index in [-0.39, 0.29) is 17.5 Å². The summed E-state index contributed by atoms with van der Waals surface area (Å²) in [5, 5.41) is 2.45. The highest BCUT2D eigenvalue weighted by Gasteiger charge is 2.17. The maximum Gasteiger partial charge on any atom is 0.241 e. The third kappa shape index (κ3) is 3.02. The Morgan fingerprint density at radius 2 is 2.00 bits per heavy atom. The number of carbonyl (C=O) groups excluding carboxylic acids is 1. The van der Waals surface area contributed by atoms with Gasteiger partial charge in [0.15, 0.2) is 0 Å². The van der Waals surface area contributed by atoms with Gasteiger partial charge in [-0.05, 0) is 18.1 Å². The van der Waals surface area contributed by atoms with Crippen molar-refractivity contribution in [2.45, 2.75) is 19.9 Å². The zero-order valence-corrected chi connectivity index (χ0v) is 8.83. The number of carbonyl (C=O) groups is 1. The van der Waals surface area contributed by atoms with Crippen molar-refractivity contribution in [3.63, 3.8) is 0 Å². The number of hydrogen-bond acceptors (Lipinski definition) is 2. The van der Waals surface area contributed by atoms with Crippen molar-refractivity contribution in [1.29, 1.82) is 0 Å². The van der Waals surface area contributed by atoms with Crippen LogP contribution in [0.15, 0.2) is 24.3 Å². The molecule has 1 amide bonds. The number of nitrogens with one attached hydrogen (secondary N) is 1. The topological polar surface area (TPSA) is 55.1 Å². The molecule has 0 bridgehead atoms. The number of para-hydroxylation sites is 1. The van der Waals surface area contributed by atoms with Gasteiger partial charge in [-0.2, -0.15) is 0 Å². The van der Waals surface area contributed by atoms with Crippen molar-refractivity contribution >= 4 is 11.6 Å². The zero-order chi connectivity index (χ0) is 11.4. The van der Waals surface area contributed by atoms with Crippen LogP contribution >= 0.6 is 0 Å². The molecule has 0 spiro atoms. The minimum absolute atomic E-state index is 0.0248. The van der Waals surface area contributed by atoms with Gasteiger partial charge in [0.2, 0.25) is 5.91 Å². The number of benzene rings is 1. The van der Waals surface area contributed by atoms with Crippen LogP contribution in [0.2, 0.25) is 0 Å². The molecule has 0 aromatic heterocycles. The predicted octanol–water partition coefficient (Wildman–Crippen LogP) is 1.75. The zero-order valence-electron chi connectivity index (χ0n) is 8.83. The van der Waals surface area contributed by atoms with Gasteiger partial charge < -0.3 is 11.1 Å². The van der Waals surface area contributed by atoms with Gasteiger partial charge in [-0.1, -0.05) is 26.0 Å². The molecule has 0 radical (unpaired) electrons. The third-order valence-electron chi connectivity index (χ3n) is 2.15. The summed E-state index contributed by atoms with van der Waals surface area (Å²) in [6.07, 6.45) is 0. The van der Waals surface area contributed by atoms with Gasteiger partial charge in [-0.15, -0.1) is 0 Å². The van der Waals surface area contributed by atoms with E-state index in [1.165, 1.54) is 12.1 Å². The SMILES string of the molecule is CC(C)C(N)C(=O)Nc1ccccc1F. The number of hydrogen-bond donors (Lipinski definition) is 2. The molecule has 0 aliphatic carbocycles.